The molecule has 0 saturated heterocycles. The van der Waals surface area contributed by atoms with Crippen molar-refractivity contribution in [3.8, 4) is 0 Å². The number of benzene rings is 2. The number of fused-ring (bicyclic) bond motifs is 1. The smallest absolute Gasteiger partial charge is 0.251 e. The van der Waals surface area contributed by atoms with E-state index in [0.717, 1.165) is 43.9 Å². The molecule has 3 rings (SSSR count). The van der Waals surface area contributed by atoms with Gasteiger partial charge in [0.25, 0.3) is 5.91 Å². The molecule has 4 nitrogen and oxygen atoms in total. The van der Waals surface area contributed by atoms with Gasteiger partial charge in [-0.2, -0.15) is 0 Å². The average Bonchev–Trinajstić information content (AvgIpc) is 2.75. The number of carbonyl (C=O) groups excluding carboxylic acids is 1. The van der Waals surface area contributed by atoms with Crippen LogP contribution in [-0.4, -0.2) is 36.4 Å². The van der Waals surface area contributed by atoms with Crippen molar-refractivity contribution in [1.29, 1.82) is 0 Å². The first-order valence-electron chi connectivity index (χ1n) is 10.7. The van der Waals surface area contributed by atoms with Gasteiger partial charge in [-0.15, -0.1) is 0 Å². The zero-order valence-electron chi connectivity index (χ0n) is 17.6. The molecule has 0 spiro atoms. The monoisotopic (exact) mass is 434 g/mol. The van der Waals surface area contributed by atoms with E-state index in [1.165, 1.54) is 16.7 Å². The van der Waals surface area contributed by atoms with Crippen LogP contribution in [0.4, 0.5) is 13.2 Å². The Kier molecular flexibility index (Phi) is 8.09. The summed E-state index contributed by atoms with van der Waals surface area (Å²) in [6, 6.07) is 8.69. The van der Waals surface area contributed by atoms with Crippen LogP contribution in [0, 0.1) is 11.6 Å². The van der Waals surface area contributed by atoms with Crippen LogP contribution in [0.25, 0.3) is 0 Å². The quantitative estimate of drug-likeness (QED) is 0.566. The average molecular weight is 435 g/mol. The highest BCUT2D eigenvalue weighted by Crippen LogP contribution is 2.30. The largest absolute Gasteiger partial charge is 0.390 e. The van der Waals surface area contributed by atoms with E-state index >= 15 is 0 Å². The minimum atomic E-state index is -1.23. The van der Waals surface area contributed by atoms with Gasteiger partial charge in [-0.25, -0.2) is 13.2 Å². The van der Waals surface area contributed by atoms with E-state index in [1.807, 2.05) is 0 Å². The molecule has 31 heavy (non-hydrogen) atoms. The summed E-state index contributed by atoms with van der Waals surface area (Å²) >= 11 is 0. The van der Waals surface area contributed by atoms with Crippen LogP contribution >= 0.6 is 0 Å². The summed E-state index contributed by atoms with van der Waals surface area (Å²) in [6.07, 6.45) is 2.80. The van der Waals surface area contributed by atoms with Crippen LogP contribution in [0.3, 0.4) is 0 Å². The summed E-state index contributed by atoms with van der Waals surface area (Å²) in [5.74, 6) is -2.37. The third-order valence-corrected chi connectivity index (χ3v) is 5.82. The molecule has 2 aromatic carbocycles. The van der Waals surface area contributed by atoms with Crippen molar-refractivity contribution in [3.05, 3.63) is 70.3 Å². The highest BCUT2D eigenvalue weighted by molar-refractivity contribution is 5.77. The van der Waals surface area contributed by atoms with Crippen LogP contribution < -0.4 is 10.6 Å². The normalized spacial score (nSPS) is 17.6. The lowest BCUT2D eigenvalue weighted by Crippen LogP contribution is -2.49. The van der Waals surface area contributed by atoms with Crippen LogP contribution in [-0.2, 0) is 24.1 Å². The molecule has 0 radical (unpaired) electrons. The maximum atomic E-state index is 13.5. The molecule has 3 atom stereocenters. The topological polar surface area (TPSA) is 61.4 Å². The molecule has 0 saturated carbocycles. The Morgan fingerprint density at radius 1 is 1.16 bits per heavy atom. The number of halogens is 3. The number of hydrogen-bond acceptors (Lipinski definition) is 3. The molecule has 0 heterocycles. The fourth-order valence-corrected chi connectivity index (χ4v) is 4.20. The Labute approximate surface area is 180 Å². The number of hydrogen-bond donors (Lipinski definition) is 3. The Morgan fingerprint density at radius 2 is 1.90 bits per heavy atom. The lowest BCUT2D eigenvalue weighted by Gasteiger charge is -2.30. The van der Waals surface area contributed by atoms with Gasteiger partial charge in [-0.3, -0.25) is 4.79 Å². The molecule has 168 valence electrons. The molecule has 0 aliphatic heterocycles. The third-order valence-electron chi connectivity index (χ3n) is 5.82. The number of alkyl halides is 1. The van der Waals surface area contributed by atoms with E-state index in [1.54, 1.807) is 0 Å². The summed E-state index contributed by atoms with van der Waals surface area (Å²) in [5, 5.41) is 16.5. The van der Waals surface area contributed by atoms with Crippen LogP contribution in [0.1, 0.15) is 48.1 Å². The minimum absolute atomic E-state index is 0.0233. The van der Waals surface area contributed by atoms with E-state index in [-0.39, 0.29) is 24.6 Å². The molecule has 0 aromatic heterocycles. The maximum absolute atomic E-state index is 13.5. The van der Waals surface area contributed by atoms with Gasteiger partial charge in [0.1, 0.15) is 11.6 Å². The fourth-order valence-electron chi connectivity index (χ4n) is 4.20. The maximum Gasteiger partial charge on any atom is 0.251 e. The van der Waals surface area contributed by atoms with Gasteiger partial charge >= 0.3 is 0 Å². The second-order valence-electron chi connectivity index (χ2n) is 8.10. The summed E-state index contributed by atoms with van der Waals surface area (Å²) in [4.78, 5) is 11.6. The predicted molar refractivity (Wildman–Crippen MR) is 113 cm³/mol. The van der Waals surface area contributed by atoms with Gasteiger partial charge in [-0.1, -0.05) is 25.1 Å². The van der Waals surface area contributed by atoms with E-state index in [2.05, 4.69) is 35.8 Å². The zero-order chi connectivity index (χ0) is 22.4. The molecule has 1 aliphatic carbocycles. The standard InChI is InChI=1S/C24H29F3N2O2/c1-2-15-6-7-17-4-3-5-21(20(17)10-15)28-14-23(30)22(29-24(31)13-25)11-16-8-18(26)12-19(27)9-16/h6-10,12,21-23,28,30H,2-5,11,13-14H2,1H3,(H,29,31). The molecular weight excluding hydrogens is 405 g/mol. The first-order valence-corrected chi connectivity index (χ1v) is 10.7. The highest BCUT2D eigenvalue weighted by Gasteiger charge is 2.25. The molecule has 1 amide bonds. The molecule has 3 unspecified atom stereocenters. The summed E-state index contributed by atoms with van der Waals surface area (Å²) in [5.41, 5.74) is 4.02. The molecule has 0 fully saturated rings. The van der Waals surface area contributed by atoms with E-state index < -0.39 is 36.4 Å². The number of aryl methyl sites for hydroxylation is 2. The van der Waals surface area contributed by atoms with Crippen LogP contribution in [0.5, 0.6) is 0 Å². The van der Waals surface area contributed by atoms with E-state index in [4.69, 9.17) is 0 Å². The Balaban J connectivity index is 1.70. The minimum Gasteiger partial charge on any atom is -0.390 e. The van der Waals surface area contributed by atoms with Crippen molar-refractivity contribution >= 4 is 5.91 Å². The first kappa shape index (κ1) is 23.3. The van der Waals surface area contributed by atoms with Gasteiger partial charge in [0.15, 0.2) is 6.67 Å². The number of nitrogens with one attached hydrogen (secondary N) is 2. The van der Waals surface area contributed by atoms with Gasteiger partial charge in [0.2, 0.25) is 0 Å². The fraction of sp³-hybridized carbons (Fsp3) is 0.458. The third kappa shape index (κ3) is 6.31. The van der Waals surface area contributed by atoms with Gasteiger partial charge in [0, 0.05) is 18.7 Å². The zero-order valence-corrected chi connectivity index (χ0v) is 17.6. The first-order chi connectivity index (χ1) is 14.9. The van der Waals surface area contributed by atoms with E-state index in [9.17, 15) is 23.1 Å². The molecule has 3 N–H and O–H groups in total. The molecular formula is C24H29F3N2O2. The number of carbonyl (C=O) groups is 1. The number of aliphatic hydroxyl groups excluding tert-OH is 1. The highest BCUT2D eigenvalue weighted by atomic mass is 19.1. The van der Waals surface area contributed by atoms with Crippen LogP contribution in [0.2, 0.25) is 0 Å². The Hall–Kier alpha value is -2.38. The second kappa shape index (κ2) is 10.8. The summed E-state index contributed by atoms with van der Waals surface area (Å²) < 4.78 is 39.8. The van der Waals surface area contributed by atoms with Crippen molar-refractivity contribution in [2.24, 2.45) is 0 Å². The number of amides is 1. The van der Waals surface area contributed by atoms with Crippen molar-refractivity contribution in [1.82, 2.24) is 10.6 Å². The van der Waals surface area contributed by atoms with Crippen LogP contribution in [0.15, 0.2) is 36.4 Å². The molecule has 7 heteroatoms. The lowest BCUT2D eigenvalue weighted by molar-refractivity contribution is -0.123. The van der Waals surface area contributed by atoms with Gasteiger partial charge < -0.3 is 15.7 Å². The SMILES string of the molecule is CCc1ccc2c(c1)C(NCC(O)C(Cc1cc(F)cc(F)c1)NC(=O)CF)CCC2. The van der Waals surface area contributed by atoms with Crippen molar-refractivity contribution in [3.63, 3.8) is 0 Å². The van der Waals surface area contributed by atoms with E-state index in [0.29, 0.717) is 0 Å². The summed E-state index contributed by atoms with van der Waals surface area (Å²) in [6.45, 7) is 1.02. The summed E-state index contributed by atoms with van der Waals surface area (Å²) in [7, 11) is 0. The van der Waals surface area contributed by atoms with Gasteiger partial charge in [0.05, 0.1) is 12.1 Å². The Bertz CT molecular complexity index is 886. The molecule has 1 aliphatic rings. The van der Waals surface area contributed by atoms with Crippen molar-refractivity contribution < 1.29 is 23.1 Å². The van der Waals surface area contributed by atoms with Crippen molar-refractivity contribution in [2.75, 3.05) is 13.2 Å². The van der Waals surface area contributed by atoms with Gasteiger partial charge in [-0.05, 0) is 66.5 Å². The lowest BCUT2D eigenvalue weighted by atomic mass is 9.86. The number of aliphatic hydroxyl groups is 1. The predicted octanol–water partition coefficient (Wildman–Crippen LogP) is 3.55. The molecule has 2 aromatic rings. The van der Waals surface area contributed by atoms with Crippen molar-refractivity contribution in [2.45, 2.75) is 57.2 Å². The Morgan fingerprint density at radius 3 is 2.58 bits per heavy atom. The second-order valence-corrected chi connectivity index (χ2v) is 8.10. The molecule has 0 bridgehead atoms. The number of rotatable bonds is 9.